The Kier molecular flexibility index (Phi) is 5.04. The minimum absolute atomic E-state index is 0.546. The van der Waals surface area contributed by atoms with Gasteiger partial charge in [0.15, 0.2) is 5.11 Å². The van der Waals surface area contributed by atoms with E-state index in [1.54, 1.807) is 0 Å². The fraction of sp³-hybridized carbons (Fsp3) is 0.923. The molecule has 0 amide bonds. The molecule has 1 aliphatic carbocycles. The molecule has 2 N–H and O–H groups in total. The average Bonchev–Trinajstić information content (AvgIpc) is 2.82. The zero-order chi connectivity index (χ0) is 12.1. The first-order valence-corrected chi connectivity index (χ1v) is 7.48. The standard InChI is InChI=1S/C13H25N3S/c1-2-16-9-5-8-12(10-16)15-13(17)14-11-6-3-4-7-11/h11-12H,2-10H2,1H3,(H2,14,15,17). The summed E-state index contributed by atoms with van der Waals surface area (Å²) < 4.78 is 0. The fourth-order valence-electron chi connectivity index (χ4n) is 2.94. The van der Waals surface area contributed by atoms with E-state index < -0.39 is 0 Å². The molecule has 0 spiro atoms. The first-order valence-electron chi connectivity index (χ1n) is 7.07. The van der Waals surface area contributed by atoms with Crippen LogP contribution < -0.4 is 10.6 Å². The van der Waals surface area contributed by atoms with Gasteiger partial charge in [-0.1, -0.05) is 19.8 Å². The Labute approximate surface area is 110 Å². The van der Waals surface area contributed by atoms with E-state index in [1.165, 1.54) is 45.1 Å². The lowest BCUT2D eigenvalue weighted by Gasteiger charge is -2.33. The normalized spacial score (nSPS) is 27.0. The molecule has 1 saturated heterocycles. The maximum absolute atomic E-state index is 5.41. The van der Waals surface area contributed by atoms with Gasteiger partial charge in [-0.2, -0.15) is 0 Å². The fourth-order valence-corrected chi connectivity index (χ4v) is 3.28. The van der Waals surface area contributed by atoms with Gasteiger partial charge >= 0.3 is 0 Å². The van der Waals surface area contributed by atoms with E-state index in [0.29, 0.717) is 12.1 Å². The molecule has 2 fully saturated rings. The first-order chi connectivity index (χ1) is 8.28. The van der Waals surface area contributed by atoms with Crippen LogP contribution in [0.15, 0.2) is 0 Å². The van der Waals surface area contributed by atoms with Crippen molar-refractivity contribution in [3.05, 3.63) is 0 Å². The molecule has 1 atom stereocenters. The molecular formula is C13H25N3S. The van der Waals surface area contributed by atoms with Crippen molar-refractivity contribution in [2.45, 2.75) is 57.5 Å². The molecule has 2 rings (SSSR count). The minimum atomic E-state index is 0.546. The highest BCUT2D eigenvalue weighted by atomic mass is 32.1. The zero-order valence-corrected chi connectivity index (χ0v) is 11.7. The molecular weight excluding hydrogens is 230 g/mol. The Morgan fingerprint density at radius 1 is 1.12 bits per heavy atom. The van der Waals surface area contributed by atoms with Crippen LogP contribution in [0, 0.1) is 0 Å². The van der Waals surface area contributed by atoms with Crippen LogP contribution in [0.1, 0.15) is 45.4 Å². The Morgan fingerprint density at radius 2 is 1.76 bits per heavy atom. The second-order valence-electron chi connectivity index (χ2n) is 5.33. The molecule has 2 aliphatic rings. The minimum Gasteiger partial charge on any atom is -0.360 e. The monoisotopic (exact) mass is 255 g/mol. The smallest absolute Gasteiger partial charge is 0.166 e. The topological polar surface area (TPSA) is 27.3 Å². The van der Waals surface area contributed by atoms with Gasteiger partial charge in [0, 0.05) is 18.6 Å². The molecule has 1 heterocycles. The van der Waals surface area contributed by atoms with Crippen LogP contribution in [0.2, 0.25) is 0 Å². The van der Waals surface area contributed by atoms with Gasteiger partial charge in [-0.3, -0.25) is 0 Å². The van der Waals surface area contributed by atoms with Crippen molar-refractivity contribution in [3.8, 4) is 0 Å². The van der Waals surface area contributed by atoms with Crippen molar-refractivity contribution in [1.82, 2.24) is 15.5 Å². The van der Waals surface area contributed by atoms with Gasteiger partial charge in [0.2, 0.25) is 0 Å². The number of thiocarbonyl (C=S) groups is 1. The lowest BCUT2D eigenvalue weighted by molar-refractivity contribution is 0.210. The molecule has 0 aromatic carbocycles. The maximum atomic E-state index is 5.41. The third-order valence-corrected chi connectivity index (χ3v) is 4.21. The van der Waals surface area contributed by atoms with E-state index in [9.17, 15) is 0 Å². The van der Waals surface area contributed by atoms with Gasteiger partial charge in [-0.25, -0.2) is 0 Å². The predicted molar refractivity (Wildman–Crippen MR) is 76.3 cm³/mol. The Bertz CT molecular complexity index is 251. The van der Waals surface area contributed by atoms with Gasteiger partial charge in [0.05, 0.1) is 0 Å². The number of nitrogens with zero attached hydrogens (tertiary/aromatic N) is 1. The SMILES string of the molecule is CCN1CCCC(NC(=S)NC2CCCC2)C1. The summed E-state index contributed by atoms with van der Waals surface area (Å²) in [5.74, 6) is 0. The van der Waals surface area contributed by atoms with Crippen LogP contribution in [0.25, 0.3) is 0 Å². The molecule has 1 saturated carbocycles. The first kappa shape index (κ1) is 13.1. The number of rotatable bonds is 3. The third-order valence-electron chi connectivity index (χ3n) is 3.98. The van der Waals surface area contributed by atoms with E-state index in [2.05, 4.69) is 22.5 Å². The summed E-state index contributed by atoms with van der Waals surface area (Å²) in [6.07, 6.45) is 7.82. The van der Waals surface area contributed by atoms with Crippen molar-refractivity contribution in [2.75, 3.05) is 19.6 Å². The highest BCUT2D eigenvalue weighted by Crippen LogP contribution is 2.17. The number of hydrogen-bond donors (Lipinski definition) is 2. The lowest BCUT2D eigenvalue weighted by Crippen LogP contribution is -2.51. The van der Waals surface area contributed by atoms with Crippen molar-refractivity contribution in [2.24, 2.45) is 0 Å². The maximum Gasteiger partial charge on any atom is 0.166 e. The highest BCUT2D eigenvalue weighted by Gasteiger charge is 2.20. The summed E-state index contributed by atoms with van der Waals surface area (Å²) in [5.41, 5.74) is 0. The van der Waals surface area contributed by atoms with E-state index in [-0.39, 0.29) is 0 Å². The number of likely N-dealkylation sites (tertiary alicyclic amines) is 1. The summed E-state index contributed by atoms with van der Waals surface area (Å²) in [4.78, 5) is 2.50. The van der Waals surface area contributed by atoms with E-state index in [1.807, 2.05) is 0 Å². The number of nitrogens with one attached hydrogen (secondary N) is 2. The largest absolute Gasteiger partial charge is 0.360 e. The predicted octanol–water partition coefficient (Wildman–Crippen LogP) is 1.88. The van der Waals surface area contributed by atoms with Crippen molar-refractivity contribution in [1.29, 1.82) is 0 Å². The number of piperidine rings is 1. The molecule has 98 valence electrons. The van der Waals surface area contributed by atoms with Gasteiger partial charge in [0.25, 0.3) is 0 Å². The molecule has 0 aromatic heterocycles. The van der Waals surface area contributed by atoms with Gasteiger partial charge < -0.3 is 15.5 Å². The Balaban J connectivity index is 1.70. The summed E-state index contributed by atoms with van der Waals surface area (Å²) >= 11 is 5.41. The molecule has 17 heavy (non-hydrogen) atoms. The summed E-state index contributed by atoms with van der Waals surface area (Å²) in [5, 5.41) is 7.82. The zero-order valence-electron chi connectivity index (χ0n) is 10.9. The molecule has 0 aromatic rings. The van der Waals surface area contributed by atoms with Crippen LogP contribution in [0.4, 0.5) is 0 Å². The Hall–Kier alpha value is -0.350. The van der Waals surface area contributed by atoms with Crippen LogP contribution in [0.3, 0.4) is 0 Å². The van der Waals surface area contributed by atoms with Crippen molar-refractivity contribution >= 4 is 17.3 Å². The van der Waals surface area contributed by atoms with Gasteiger partial charge in [0.1, 0.15) is 0 Å². The summed E-state index contributed by atoms with van der Waals surface area (Å²) in [6.45, 7) is 5.78. The number of likely N-dealkylation sites (N-methyl/N-ethyl adjacent to an activating group) is 1. The molecule has 0 bridgehead atoms. The molecule has 1 aliphatic heterocycles. The average molecular weight is 255 g/mol. The van der Waals surface area contributed by atoms with Gasteiger partial charge in [-0.15, -0.1) is 0 Å². The van der Waals surface area contributed by atoms with Crippen LogP contribution in [-0.2, 0) is 0 Å². The Morgan fingerprint density at radius 3 is 2.47 bits per heavy atom. The molecule has 4 heteroatoms. The second kappa shape index (κ2) is 6.55. The van der Waals surface area contributed by atoms with E-state index >= 15 is 0 Å². The number of hydrogen-bond acceptors (Lipinski definition) is 2. The second-order valence-corrected chi connectivity index (χ2v) is 5.74. The molecule has 1 unspecified atom stereocenters. The van der Waals surface area contributed by atoms with Crippen molar-refractivity contribution in [3.63, 3.8) is 0 Å². The third kappa shape index (κ3) is 4.11. The summed E-state index contributed by atoms with van der Waals surface area (Å²) in [6, 6.07) is 1.17. The van der Waals surface area contributed by atoms with Crippen LogP contribution in [0.5, 0.6) is 0 Å². The highest BCUT2D eigenvalue weighted by molar-refractivity contribution is 7.80. The van der Waals surface area contributed by atoms with Crippen molar-refractivity contribution < 1.29 is 0 Å². The van der Waals surface area contributed by atoms with Gasteiger partial charge in [-0.05, 0) is 51.0 Å². The lowest BCUT2D eigenvalue weighted by atomic mass is 10.1. The molecule has 3 nitrogen and oxygen atoms in total. The van der Waals surface area contributed by atoms with E-state index in [4.69, 9.17) is 12.2 Å². The summed E-state index contributed by atoms with van der Waals surface area (Å²) in [7, 11) is 0. The van der Waals surface area contributed by atoms with E-state index in [0.717, 1.165) is 18.2 Å². The molecule has 0 radical (unpaired) electrons. The van der Waals surface area contributed by atoms with Crippen LogP contribution in [-0.4, -0.2) is 41.7 Å². The quantitative estimate of drug-likeness (QED) is 0.753. The van der Waals surface area contributed by atoms with Crippen LogP contribution >= 0.6 is 12.2 Å².